The summed E-state index contributed by atoms with van der Waals surface area (Å²) >= 11 is 4.78. The molecule has 0 aliphatic rings. The molecule has 3 nitrogen and oxygen atoms in total. The molecule has 0 spiro atoms. The first-order valence-corrected chi connectivity index (χ1v) is 9.22. The van der Waals surface area contributed by atoms with Gasteiger partial charge in [-0.15, -0.1) is 29.3 Å². The number of thiophene rings is 2. The Labute approximate surface area is 135 Å². The number of hydrogen-bond donors (Lipinski definition) is 0. The molecule has 0 radical (unpaired) electrons. The van der Waals surface area contributed by atoms with Crippen LogP contribution in [0.5, 0.6) is 0 Å². The van der Waals surface area contributed by atoms with Gasteiger partial charge < -0.3 is 0 Å². The normalized spacial score (nSPS) is 11.1. The van der Waals surface area contributed by atoms with Crippen LogP contribution in [0.4, 0.5) is 0 Å². The van der Waals surface area contributed by atoms with Crippen molar-refractivity contribution in [1.29, 1.82) is 0 Å². The highest BCUT2D eigenvalue weighted by molar-refractivity contribution is 7.99. The van der Waals surface area contributed by atoms with Crippen molar-refractivity contribution < 1.29 is 0 Å². The molecule has 21 heavy (non-hydrogen) atoms. The Morgan fingerprint density at radius 3 is 3.05 bits per heavy atom. The van der Waals surface area contributed by atoms with Crippen molar-refractivity contribution in [2.75, 3.05) is 5.75 Å². The molecule has 3 heterocycles. The van der Waals surface area contributed by atoms with E-state index in [0.29, 0.717) is 0 Å². The first-order chi connectivity index (χ1) is 10.2. The monoisotopic (exact) mass is 334 g/mol. The minimum absolute atomic E-state index is 0.0331. The van der Waals surface area contributed by atoms with E-state index in [-0.39, 0.29) is 5.56 Å². The van der Waals surface area contributed by atoms with E-state index in [1.165, 1.54) is 11.3 Å². The van der Waals surface area contributed by atoms with Crippen molar-refractivity contribution in [3.8, 4) is 10.4 Å². The zero-order valence-electron chi connectivity index (χ0n) is 11.5. The Hall–Kier alpha value is -1.37. The first kappa shape index (κ1) is 14.6. The highest BCUT2D eigenvalue weighted by Crippen LogP contribution is 2.34. The van der Waals surface area contributed by atoms with Crippen LogP contribution in [0, 0.1) is 0 Å². The third-order valence-electron chi connectivity index (χ3n) is 3.11. The smallest absolute Gasteiger partial charge is 0.263 e. The third-order valence-corrected chi connectivity index (χ3v) is 5.95. The molecule has 0 N–H and O–H groups in total. The second kappa shape index (κ2) is 6.17. The van der Waals surface area contributed by atoms with Gasteiger partial charge in [-0.3, -0.25) is 9.36 Å². The van der Waals surface area contributed by atoms with Crippen LogP contribution in [0.25, 0.3) is 20.7 Å². The van der Waals surface area contributed by atoms with Gasteiger partial charge in [0.15, 0.2) is 5.16 Å². The van der Waals surface area contributed by atoms with Crippen LogP contribution >= 0.6 is 34.4 Å². The molecular weight excluding hydrogens is 320 g/mol. The Balaban J connectivity index is 2.11. The molecule has 0 aliphatic carbocycles. The number of aromatic nitrogens is 2. The third kappa shape index (κ3) is 2.71. The van der Waals surface area contributed by atoms with Crippen molar-refractivity contribution >= 4 is 44.7 Å². The maximum absolute atomic E-state index is 12.7. The SMILES string of the molecule is C=CCCSc1nc2scc(-c3cccs3)c2c(=O)n1C. The minimum Gasteiger partial charge on any atom is -0.290 e. The Bertz CT molecular complexity index is 831. The summed E-state index contributed by atoms with van der Waals surface area (Å²) in [5.41, 5.74) is 1.03. The van der Waals surface area contributed by atoms with Crippen LogP contribution < -0.4 is 5.56 Å². The lowest BCUT2D eigenvalue weighted by Crippen LogP contribution is -2.19. The molecule has 0 amide bonds. The van der Waals surface area contributed by atoms with Crippen LogP contribution in [-0.4, -0.2) is 15.3 Å². The van der Waals surface area contributed by atoms with Gasteiger partial charge >= 0.3 is 0 Å². The van der Waals surface area contributed by atoms with Crippen molar-refractivity contribution in [1.82, 2.24) is 9.55 Å². The summed E-state index contributed by atoms with van der Waals surface area (Å²) in [6.45, 7) is 3.71. The highest BCUT2D eigenvalue weighted by Gasteiger charge is 2.15. The van der Waals surface area contributed by atoms with Crippen LogP contribution in [0.1, 0.15) is 6.42 Å². The molecular formula is C15H14N2OS3. The van der Waals surface area contributed by atoms with Gasteiger partial charge in [0.25, 0.3) is 5.56 Å². The molecule has 108 valence electrons. The second-order valence-electron chi connectivity index (χ2n) is 4.49. The summed E-state index contributed by atoms with van der Waals surface area (Å²) in [4.78, 5) is 19.3. The van der Waals surface area contributed by atoms with Crippen molar-refractivity contribution in [3.63, 3.8) is 0 Å². The van der Waals surface area contributed by atoms with Gasteiger partial charge in [-0.1, -0.05) is 23.9 Å². The molecule has 0 fully saturated rings. The fraction of sp³-hybridized carbons (Fsp3) is 0.200. The van der Waals surface area contributed by atoms with Crippen LogP contribution in [0.2, 0.25) is 0 Å². The van der Waals surface area contributed by atoms with E-state index < -0.39 is 0 Å². The van der Waals surface area contributed by atoms with Crippen LogP contribution in [-0.2, 0) is 7.05 Å². The number of rotatable bonds is 5. The molecule has 0 saturated heterocycles. The second-order valence-corrected chi connectivity index (χ2v) is 7.36. The number of hydrogen-bond acceptors (Lipinski definition) is 5. The summed E-state index contributed by atoms with van der Waals surface area (Å²) in [6, 6.07) is 4.04. The Kier molecular flexibility index (Phi) is 4.28. The summed E-state index contributed by atoms with van der Waals surface area (Å²) in [5.74, 6) is 0.887. The van der Waals surface area contributed by atoms with Crippen LogP contribution in [0.3, 0.4) is 0 Å². The van der Waals surface area contributed by atoms with Crippen molar-refractivity contribution in [2.45, 2.75) is 11.6 Å². The lowest BCUT2D eigenvalue weighted by molar-refractivity contribution is 0.728. The molecule has 0 aliphatic heterocycles. The molecule has 0 bridgehead atoms. The zero-order chi connectivity index (χ0) is 14.8. The molecule has 3 aromatic heterocycles. The molecule has 0 atom stereocenters. The van der Waals surface area contributed by atoms with Gasteiger partial charge in [0.05, 0.1) is 5.39 Å². The Morgan fingerprint density at radius 1 is 1.48 bits per heavy atom. The molecule has 0 saturated carbocycles. The predicted octanol–water partition coefficient (Wildman–Crippen LogP) is 4.39. The highest BCUT2D eigenvalue weighted by atomic mass is 32.2. The minimum atomic E-state index is 0.0331. The van der Waals surface area contributed by atoms with Crippen LogP contribution in [0.15, 0.2) is 45.5 Å². The lowest BCUT2D eigenvalue weighted by atomic mass is 10.2. The summed E-state index contributed by atoms with van der Waals surface area (Å²) in [6.07, 6.45) is 2.78. The van der Waals surface area contributed by atoms with Gasteiger partial charge in [0.1, 0.15) is 4.83 Å². The standard InChI is InChI=1S/C15H14N2OS3/c1-3-4-7-20-15-16-13-12(14(18)17(15)2)10(9-21-13)11-6-5-8-19-11/h3,5-6,8-9H,1,4,7H2,2H3. The average molecular weight is 334 g/mol. The van der Waals surface area contributed by atoms with Crippen molar-refractivity contribution in [3.05, 3.63) is 45.9 Å². The molecule has 0 aromatic carbocycles. The number of thioether (sulfide) groups is 1. The first-order valence-electron chi connectivity index (χ1n) is 6.48. The van der Waals surface area contributed by atoms with E-state index >= 15 is 0 Å². The number of allylic oxidation sites excluding steroid dienone is 1. The van der Waals surface area contributed by atoms with E-state index in [9.17, 15) is 4.79 Å². The summed E-state index contributed by atoms with van der Waals surface area (Å²) in [5, 5.41) is 5.56. The van der Waals surface area contributed by atoms with E-state index in [1.54, 1.807) is 34.7 Å². The topological polar surface area (TPSA) is 34.9 Å². The lowest BCUT2D eigenvalue weighted by Gasteiger charge is -2.06. The zero-order valence-corrected chi connectivity index (χ0v) is 14.0. The number of nitrogens with zero attached hydrogens (tertiary/aromatic N) is 2. The number of fused-ring (bicyclic) bond motifs is 1. The maximum atomic E-state index is 12.7. The predicted molar refractivity (Wildman–Crippen MR) is 93.7 cm³/mol. The fourth-order valence-electron chi connectivity index (χ4n) is 2.03. The van der Waals surface area contributed by atoms with Gasteiger partial charge in [0, 0.05) is 28.6 Å². The van der Waals surface area contributed by atoms with E-state index in [0.717, 1.165) is 38.0 Å². The van der Waals surface area contributed by atoms with E-state index in [4.69, 9.17) is 0 Å². The van der Waals surface area contributed by atoms with Crippen molar-refractivity contribution in [2.24, 2.45) is 7.05 Å². The van der Waals surface area contributed by atoms with Gasteiger partial charge in [-0.2, -0.15) is 0 Å². The van der Waals surface area contributed by atoms with E-state index in [2.05, 4.69) is 11.6 Å². The molecule has 3 aromatic rings. The molecule has 6 heteroatoms. The van der Waals surface area contributed by atoms with Gasteiger partial charge in [-0.05, 0) is 17.9 Å². The molecule has 3 rings (SSSR count). The fourth-order valence-corrected chi connectivity index (χ4v) is 4.74. The van der Waals surface area contributed by atoms with E-state index in [1.807, 2.05) is 29.0 Å². The maximum Gasteiger partial charge on any atom is 0.263 e. The van der Waals surface area contributed by atoms with Gasteiger partial charge in [0.2, 0.25) is 0 Å². The average Bonchev–Trinajstić information content (AvgIpc) is 3.12. The molecule has 0 unspecified atom stereocenters. The van der Waals surface area contributed by atoms with Gasteiger partial charge in [-0.25, -0.2) is 4.98 Å². The Morgan fingerprint density at radius 2 is 2.33 bits per heavy atom. The summed E-state index contributed by atoms with van der Waals surface area (Å²) in [7, 11) is 1.79. The quantitative estimate of drug-likeness (QED) is 0.300. The summed E-state index contributed by atoms with van der Waals surface area (Å²) < 4.78 is 1.65. The largest absolute Gasteiger partial charge is 0.290 e.